The molecule has 1 N–H and O–H groups in total. The molecule has 19 heavy (non-hydrogen) atoms. The second kappa shape index (κ2) is 4.57. The van der Waals surface area contributed by atoms with E-state index in [9.17, 15) is 0 Å². The summed E-state index contributed by atoms with van der Waals surface area (Å²) in [5, 5.41) is 0. The topological polar surface area (TPSA) is 37.9 Å². The van der Waals surface area contributed by atoms with E-state index in [-0.39, 0.29) is 5.92 Å². The summed E-state index contributed by atoms with van der Waals surface area (Å²) in [6.07, 6.45) is 12.5. The van der Waals surface area contributed by atoms with E-state index in [1.165, 1.54) is 5.57 Å². The molecule has 0 saturated carbocycles. The Balaban J connectivity index is 2.18. The van der Waals surface area contributed by atoms with Crippen LogP contribution in [-0.4, -0.2) is 17.1 Å². The van der Waals surface area contributed by atoms with Gasteiger partial charge in [-0.2, -0.15) is 0 Å². The summed E-state index contributed by atoms with van der Waals surface area (Å²) in [5.41, 5.74) is 3.29. The first-order chi connectivity index (χ1) is 9.20. The lowest BCUT2D eigenvalue weighted by atomic mass is 9.88. The van der Waals surface area contributed by atoms with Crippen molar-refractivity contribution in [2.75, 3.05) is 7.11 Å². The molecule has 0 amide bonds. The van der Waals surface area contributed by atoms with Crippen LogP contribution in [0.15, 0.2) is 36.1 Å². The van der Waals surface area contributed by atoms with Gasteiger partial charge in [0.05, 0.1) is 24.4 Å². The molecule has 1 atom stereocenters. The van der Waals surface area contributed by atoms with Gasteiger partial charge in [-0.05, 0) is 5.57 Å². The van der Waals surface area contributed by atoms with Crippen molar-refractivity contribution in [2.45, 2.75) is 19.8 Å². The van der Waals surface area contributed by atoms with Crippen LogP contribution in [0, 0.1) is 5.92 Å². The molecule has 0 fully saturated rings. The summed E-state index contributed by atoms with van der Waals surface area (Å²) in [7, 11) is 1.72. The predicted octanol–water partition coefficient (Wildman–Crippen LogP) is 3.66. The van der Waals surface area contributed by atoms with Gasteiger partial charge in [-0.15, -0.1) is 0 Å². The molecule has 0 spiro atoms. The van der Waals surface area contributed by atoms with Crippen LogP contribution in [0.3, 0.4) is 0 Å². The van der Waals surface area contributed by atoms with Gasteiger partial charge in [-0.3, -0.25) is 0 Å². The molecule has 2 aliphatic rings. The van der Waals surface area contributed by atoms with Crippen LogP contribution in [0.5, 0.6) is 0 Å². The molecule has 0 aromatic carbocycles. The number of methoxy groups -OCH3 is 1. The van der Waals surface area contributed by atoms with E-state index in [0.29, 0.717) is 5.92 Å². The Morgan fingerprint density at radius 3 is 2.84 bits per heavy atom. The Kier molecular flexibility index (Phi) is 2.90. The first-order valence-electron chi connectivity index (χ1n) is 6.61. The second-order valence-corrected chi connectivity index (χ2v) is 5.16. The van der Waals surface area contributed by atoms with E-state index in [4.69, 9.17) is 9.72 Å². The molecule has 2 aliphatic carbocycles. The monoisotopic (exact) mass is 254 g/mol. The maximum atomic E-state index is 5.54. The summed E-state index contributed by atoms with van der Waals surface area (Å²) >= 11 is 0. The number of nitrogens with zero attached hydrogens (tertiary/aromatic N) is 1. The zero-order chi connectivity index (χ0) is 13.4. The summed E-state index contributed by atoms with van der Waals surface area (Å²) in [5.74, 6) is 2.53. The Hall–Kier alpha value is -2.03. The van der Waals surface area contributed by atoms with Gasteiger partial charge in [0.1, 0.15) is 11.6 Å². The number of aromatic amines is 1. The first kappa shape index (κ1) is 12.0. The molecular formula is C16H18N2O. The highest BCUT2D eigenvalue weighted by Crippen LogP contribution is 2.39. The number of allylic oxidation sites excluding steroid dienone is 5. The van der Waals surface area contributed by atoms with Crippen LogP contribution in [0.4, 0.5) is 0 Å². The molecule has 98 valence electrons. The first-order valence-corrected chi connectivity index (χ1v) is 6.61. The van der Waals surface area contributed by atoms with Gasteiger partial charge in [0, 0.05) is 12.0 Å². The smallest absolute Gasteiger partial charge is 0.109 e. The average molecular weight is 254 g/mol. The van der Waals surface area contributed by atoms with Gasteiger partial charge < -0.3 is 9.72 Å². The number of imidazole rings is 1. The van der Waals surface area contributed by atoms with Gasteiger partial charge in [0.2, 0.25) is 0 Å². The van der Waals surface area contributed by atoms with Crippen molar-refractivity contribution in [2.24, 2.45) is 5.92 Å². The highest BCUT2D eigenvalue weighted by atomic mass is 16.5. The average Bonchev–Trinajstić information content (AvgIpc) is 2.68. The molecule has 3 heteroatoms. The maximum Gasteiger partial charge on any atom is 0.109 e. The number of hydrogen-bond acceptors (Lipinski definition) is 2. The molecule has 1 aromatic heterocycles. The van der Waals surface area contributed by atoms with Gasteiger partial charge in [0.15, 0.2) is 0 Å². The summed E-state index contributed by atoms with van der Waals surface area (Å²) in [6, 6.07) is 0. The third-order valence-electron chi connectivity index (χ3n) is 3.54. The maximum absolute atomic E-state index is 5.54. The van der Waals surface area contributed by atoms with E-state index in [0.717, 1.165) is 23.0 Å². The van der Waals surface area contributed by atoms with Crippen LogP contribution >= 0.6 is 0 Å². The van der Waals surface area contributed by atoms with E-state index in [2.05, 4.69) is 49.2 Å². The number of aromatic nitrogens is 2. The third-order valence-corrected chi connectivity index (χ3v) is 3.54. The largest absolute Gasteiger partial charge is 0.500 e. The normalized spacial score (nSPS) is 20.5. The van der Waals surface area contributed by atoms with Crippen LogP contribution in [0.1, 0.15) is 37.0 Å². The van der Waals surface area contributed by atoms with Gasteiger partial charge in [-0.25, -0.2) is 4.98 Å². The number of hydrogen-bond donors (Lipinski definition) is 1. The fourth-order valence-corrected chi connectivity index (χ4v) is 2.50. The standard InChI is InChI=1S/C16H18N2O/c1-10(2)16-17-13-9-14(19-3)11-7-5-4-6-8-12(11)15(13)18-16/h4-11H,1-3H3,(H,17,18). The van der Waals surface area contributed by atoms with E-state index in [1.54, 1.807) is 7.11 Å². The minimum Gasteiger partial charge on any atom is -0.500 e. The molecule has 0 radical (unpaired) electrons. The van der Waals surface area contributed by atoms with Crippen molar-refractivity contribution in [3.05, 3.63) is 53.4 Å². The molecule has 0 bridgehead atoms. The predicted molar refractivity (Wildman–Crippen MR) is 77.4 cm³/mol. The summed E-state index contributed by atoms with van der Waals surface area (Å²) in [6.45, 7) is 4.29. The van der Waals surface area contributed by atoms with Crippen molar-refractivity contribution < 1.29 is 4.74 Å². The number of H-pyrrole nitrogens is 1. The zero-order valence-electron chi connectivity index (χ0n) is 11.5. The van der Waals surface area contributed by atoms with Crippen molar-refractivity contribution in [1.82, 2.24) is 9.97 Å². The van der Waals surface area contributed by atoms with Crippen LogP contribution in [0.2, 0.25) is 0 Å². The summed E-state index contributed by atoms with van der Waals surface area (Å²) < 4.78 is 5.54. The highest BCUT2D eigenvalue weighted by Gasteiger charge is 2.28. The number of fused-ring (bicyclic) bond motifs is 3. The van der Waals surface area contributed by atoms with Crippen LogP contribution in [0.25, 0.3) is 11.6 Å². The molecule has 1 unspecified atom stereocenters. The number of ether oxygens (including phenoxy) is 1. The molecule has 0 saturated heterocycles. The van der Waals surface area contributed by atoms with Gasteiger partial charge in [0.25, 0.3) is 0 Å². The van der Waals surface area contributed by atoms with Crippen molar-refractivity contribution in [3.8, 4) is 0 Å². The SMILES string of the molecule is COC1=Cc2[nH]c(C(C)C)nc2C2=CC=CC=CC12. The molecule has 1 aromatic rings. The van der Waals surface area contributed by atoms with Crippen molar-refractivity contribution in [1.29, 1.82) is 0 Å². The lowest BCUT2D eigenvalue weighted by molar-refractivity contribution is 0.274. The molecule has 0 aliphatic heterocycles. The second-order valence-electron chi connectivity index (χ2n) is 5.16. The van der Waals surface area contributed by atoms with Crippen LogP contribution in [-0.2, 0) is 4.74 Å². The quantitative estimate of drug-likeness (QED) is 0.874. The van der Waals surface area contributed by atoms with Crippen molar-refractivity contribution in [3.63, 3.8) is 0 Å². The fourth-order valence-electron chi connectivity index (χ4n) is 2.50. The van der Waals surface area contributed by atoms with Crippen LogP contribution < -0.4 is 0 Å². The van der Waals surface area contributed by atoms with Gasteiger partial charge >= 0.3 is 0 Å². The fraction of sp³-hybridized carbons (Fsp3) is 0.312. The van der Waals surface area contributed by atoms with E-state index < -0.39 is 0 Å². The Bertz CT molecular complexity index is 615. The highest BCUT2D eigenvalue weighted by molar-refractivity contribution is 5.81. The van der Waals surface area contributed by atoms with Crippen molar-refractivity contribution >= 4 is 11.6 Å². The van der Waals surface area contributed by atoms with E-state index >= 15 is 0 Å². The Morgan fingerprint density at radius 1 is 1.26 bits per heavy atom. The number of nitrogens with one attached hydrogen (secondary N) is 1. The minimum absolute atomic E-state index is 0.163. The lowest BCUT2D eigenvalue weighted by Gasteiger charge is -2.22. The number of rotatable bonds is 2. The van der Waals surface area contributed by atoms with Gasteiger partial charge in [-0.1, -0.05) is 44.2 Å². The van der Waals surface area contributed by atoms with E-state index in [1.807, 2.05) is 6.08 Å². The third kappa shape index (κ3) is 1.95. The Labute approximate surface area is 113 Å². The lowest BCUT2D eigenvalue weighted by Crippen LogP contribution is -2.11. The zero-order valence-corrected chi connectivity index (χ0v) is 11.5. The molecule has 1 heterocycles. The molecular weight excluding hydrogens is 236 g/mol. The molecule has 3 nitrogen and oxygen atoms in total. The Morgan fingerprint density at radius 2 is 2.11 bits per heavy atom. The molecule has 3 rings (SSSR count). The summed E-state index contributed by atoms with van der Waals surface area (Å²) in [4.78, 5) is 8.15. The minimum atomic E-state index is 0.163.